The fraction of sp³-hybridized carbons (Fsp3) is 0.111. The average Bonchev–Trinajstić information content (AvgIpc) is 2.18. The van der Waals surface area contributed by atoms with Crippen molar-refractivity contribution in [3.8, 4) is 5.75 Å². The van der Waals surface area contributed by atoms with Crippen LogP contribution in [0.2, 0.25) is 0 Å². The van der Waals surface area contributed by atoms with Gasteiger partial charge in [-0.25, -0.2) is 0 Å². The molecule has 0 aliphatic rings. The third-order valence-corrected chi connectivity index (χ3v) is 1.87. The van der Waals surface area contributed by atoms with Crippen molar-refractivity contribution in [2.45, 2.75) is 0 Å². The van der Waals surface area contributed by atoms with E-state index in [4.69, 9.17) is 16.3 Å². The van der Waals surface area contributed by atoms with Crippen LogP contribution in [0.1, 0.15) is 0 Å². The van der Waals surface area contributed by atoms with Crippen molar-refractivity contribution in [3.63, 3.8) is 0 Å². The van der Waals surface area contributed by atoms with E-state index in [9.17, 15) is 12.9 Å². The SMILES string of the molecule is F[B-](F)(F)c1ccc(OC/C=C/Cl)cc1. The first kappa shape index (κ1) is 12.0. The molecule has 0 radical (unpaired) electrons. The van der Waals surface area contributed by atoms with E-state index in [1.54, 1.807) is 6.08 Å². The minimum absolute atomic E-state index is 0.236. The first-order chi connectivity index (χ1) is 7.04. The van der Waals surface area contributed by atoms with Gasteiger partial charge in [-0.05, 0) is 18.2 Å². The molecule has 6 heteroatoms. The summed E-state index contributed by atoms with van der Waals surface area (Å²) in [4.78, 5) is 0. The monoisotopic (exact) mass is 235 g/mol. The van der Waals surface area contributed by atoms with Crippen LogP contribution in [0.15, 0.2) is 35.9 Å². The number of ether oxygens (including phenoxy) is 1. The minimum Gasteiger partial charge on any atom is -0.490 e. The molecule has 0 saturated heterocycles. The molecule has 0 aliphatic heterocycles. The Morgan fingerprint density at radius 2 is 1.80 bits per heavy atom. The highest BCUT2D eigenvalue weighted by molar-refractivity contribution is 6.73. The molecule has 0 unspecified atom stereocenters. The molecule has 15 heavy (non-hydrogen) atoms. The zero-order chi connectivity index (χ0) is 11.3. The normalized spacial score (nSPS) is 12.0. The van der Waals surface area contributed by atoms with Gasteiger partial charge >= 0.3 is 6.98 Å². The predicted molar refractivity (Wildman–Crippen MR) is 55.6 cm³/mol. The molecule has 0 bridgehead atoms. The van der Waals surface area contributed by atoms with Crippen LogP contribution in [-0.4, -0.2) is 13.6 Å². The predicted octanol–water partition coefficient (Wildman–Crippen LogP) is 2.87. The van der Waals surface area contributed by atoms with Crippen LogP contribution in [0, 0.1) is 0 Å². The van der Waals surface area contributed by atoms with Gasteiger partial charge in [-0.1, -0.05) is 23.7 Å². The molecule has 1 aromatic carbocycles. The molecule has 0 fully saturated rings. The van der Waals surface area contributed by atoms with E-state index in [0.717, 1.165) is 12.1 Å². The van der Waals surface area contributed by atoms with E-state index >= 15 is 0 Å². The molecule has 0 saturated carbocycles. The maximum absolute atomic E-state index is 12.2. The van der Waals surface area contributed by atoms with Crippen molar-refractivity contribution in [3.05, 3.63) is 35.9 Å². The smallest absolute Gasteiger partial charge is 0.490 e. The quantitative estimate of drug-likeness (QED) is 0.729. The summed E-state index contributed by atoms with van der Waals surface area (Å²) >= 11 is 5.25. The van der Waals surface area contributed by atoms with Gasteiger partial charge in [-0.15, -0.1) is 5.46 Å². The number of benzene rings is 1. The van der Waals surface area contributed by atoms with E-state index in [1.165, 1.54) is 17.7 Å². The third kappa shape index (κ3) is 3.87. The summed E-state index contributed by atoms with van der Waals surface area (Å²) in [6, 6.07) is 4.57. The van der Waals surface area contributed by atoms with Crippen molar-refractivity contribution >= 4 is 24.0 Å². The van der Waals surface area contributed by atoms with Crippen molar-refractivity contribution < 1.29 is 17.7 Å². The summed E-state index contributed by atoms with van der Waals surface area (Å²) in [5.74, 6) is 0.383. The van der Waals surface area contributed by atoms with Gasteiger partial charge < -0.3 is 17.7 Å². The van der Waals surface area contributed by atoms with Crippen LogP contribution < -0.4 is 10.2 Å². The Labute approximate surface area is 90.6 Å². The molecule has 0 heterocycles. The minimum atomic E-state index is -4.93. The maximum atomic E-state index is 12.2. The molecule has 1 aromatic rings. The third-order valence-electron chi connectivity index (χ3n) is 1.69. The fourth-order valence-electron chi connectivity index (χ4n) is 0.963. The molecule has 1 nitrogen and oxygen atoms in total. The maximum Gasteiger partial charge on any atom is 0.509 e. The van der Waals surface area contributed by atoms with E-state index in [1.807, 2.05) is 0 Å². The highest BCUT2D eigenvalue weighted by Crippen LogP contribution is 2.13. The van der Waals surface area contributed by atoms with Gasteiger partial charge in [-0.3, -0.25) is 0 Å². The van der Waals surface area contributed by atoms with Gasteiger partial charge in [0.25, 0.3) is 0 Å². The Morgan fingerprint density at radius 1 is 1.20 bits per heavy atom. The molecule has 0 aromatic heterocycles. The second-order valence-electron chi connectivity index (χ2n) is 2.82. The van der Waals surface area contributed by atoms with Crippen LogP contribution in [0.5, 0.6) is 5.75 Å². The Morgan fingerprint density at radius 3 is 2.27 bits per heavy atom. The highest BCUT2D eigenvalue weighted by atomic mass is 35.5. The number of hydrogen-bond donors (Lipinski definition) is 0. The second kappa shape index (κ2) is 5.12. The lowest BCUT2D eigenvalue weighted by Gasteiger charge is -2.14. The van der Waals surface area contributed by atoms with Gasteiger partial charge in [0.2, 0.25) is 0 Å². The van der Waals surface area contributed by atoms with Crippen molar-refractivity contribution in [1.29, 1.82) is 0 Å². The number of rotatable bonds is 4. The van der Waals surface area contributed by atoms with E-state index in [0.29, 0.717) is 5.75 Å². The first-order valence-electron chi connectivity index (χ1n) is 4.22. The Balaban J connectivity index is 2.64. The van der Waals surface area contributed by atoms with Gasteiger partial charge in [0.1, 0.15) is 12.4 Å². The van der Waals surface area contributed by atoms with Gasteiger partial charge in [0.15, 0.2) is 0 Å². The second-order valence-corrected chi connectivity index (χ2v) is 3.07. The van der Waals surface area contributed by atoms with Crippen molar-refractivity contribution in [1.82, 2.24) is 0 Å². The summed E-state index contributed by atoms with van der Waals surface area (Å²) < 4.78 is 41.7. The van der Waals surface area contributed by atoms with Crippen LogP contribution >= 0.6 is 11.6 Å². The van der Waals surface area contributed by atoms with Crippen LogP contribution in [0.4, 0.5) is 12.9 Å². The highest BCUT2D eigenvalue weighted by Gasteiger charge is 2.24. The summed E-state index contributed by atoms with van der Waals surface area (Å²) in [6.07, 6.45) is 1.54. The molecule has 1 rings (SSSR count). The van der Waals surface area contributed by atoms with E-state index in [-0.39, 0.29) is 6.61 Å². The van der Waals surface area contributed by atoms with Gasteiger partial charge in [0, 0.05) is 5.54 Å². The molecular weight excluding hydrogens is 227 g/mol. The zero-order valence-electron chi connectivity index (χ0n) is 7.67. The van der Waals surface area contributed by atoms with Crippen LogP contribution in [0.3, 0.4) is 0 Å². The van der Waals surface area contributed by atoms with Crippen molar-refractivity contribution in [2.75, 3.05) is 6.61 Å². The lowest BCUT2D eigenvalue weighted by atomic mass is 9.80. The average molecular weight is 235 g/mol. The largest absolute Gasteiger partial charge is 0.509 e. The summed E-state index contributed by atoms with van der Waals surface area (Å²) in [5, 5.41) is 0. The Bertz CT molecular complexity index is 334. The number of hydrogen-bond acceptors (Lipinski definition) is 1. The standard InChI is InChI=1S/C9H8BClF3O/c11-6-1-7-15-9-4-2-8(3-5-9)10(12,13)14/h1-6H,7H2/q-1/b6-1+. The lowest BCUT2D eigenvalue weighted by molar-refractivity contribution is 0.363. The molecule has 0 spiro atoms. The number of halogens is 4. The Hall–Kier alpha value is -1.10. The Kier molecular flexibility index (Phi) is 4.09. The van der Waals surface area contributed by atoms with Gasteiger partial charge in [-0.2, -0.15) is 0 Å². The molecular formula is C9H8BClF3O-. The van der Waals surface area contributed by atoms with Crippen LogP contribution in [0.25, 0.3) is 0 Å². The topological polar surface area (TPSA) is 9.23 Å². The summed E-state index contributed by atoms with van der Waals surface area (Å²) in [6.45, 7) is -4.69. The van der Waals surface area contributed by atoms with Crippen LogP contribution in [-0.2, 0) is 0 Å². The molecule has 0 aliphatic carbocycles. The zero-order valence-corrected chi connectivity index (χ0v) is 8.42. The molecule has 0 atom stereocenters. The molecule has 82 valence electrons. The summed E-state index contributed by atoms with van der Waals surface area (Å²) in [5.41, 5.74) is 0.656. The first-order valence-corrected chi connectivity index (χ1v) is 4.65. The van der Waals surface area contributed by atoms with E-state index < -0.39 is 12.4 Å². The van der Waals surface area contributed by atoms with Crippen molar-refractivity contribution in [2.24, 2.45) is 0 Å². The molecule has 0 amide bonds. The fourth-order valence-corrected chi connectivity index (χ4v) is 1.04. The lowest BCUT2D eigenvalue weighted by Crippen LogP contribution is -2.33. The van der Waals surface area contributed by atoms with E-state index in [2.05, 4.69) is 0 Å². The molecule has 0 N–H and O–H groups in total. The van der Waals surface area contributed by atoms with Gasteiger partial charge in [0.05, 0.1) is 0 Å². The summed E-state index contributed by atoms with van der Waals surface area (Å²) in [7, 11) is 0.